The zero-order chi connectivity index (χ0) is 12.5. The van der Waals surface area contributed by atoms with E-state index in [9.17, 15) is 5.11 Å². The van der Waals surface area contributed by atoms with E-state index < -0.39 is 0 Å². The molecule has 0 radical (unpaired) electrons. The van der Waals surface area contributed by atoms with Crippen molar-refractivity contribution in [1.29, 1.82) is 0 Å². The van der Waals surface area contributed by atoms with Gasteiger partial charge in [-0.15, -0.1) is 0 Å². The molecule has 0 bridgehead atoms. The Hall–Kier alpha value is -0.810. The van der Waals surface area contributed by atoms with Crippen molar-refractivity contribution in [1.82, 2.24) is 5.32 Å². The summed E-state index contributed by atoms with van der Waals surface area (Å²) in [7, 11) is 0. The van der Waals surface area contributed by atoms with E-state index >= 15 is 0 Å². The van der Waals surface area contributed by atoms with E-state index in [1.807, 2.05) is 0 Å². The van der Waals surface area contributed by atoms with Crippen molar-refractivity contribution >= 4 is 11.6 Å². The standard InChI is InChI=1S/C12H18ClNO3/c13-11-2-3-12(16)10(8-11)9-14-4-1-6-17-7-5-15/h2-3,8,14-16H,1,4-7,9H2. The third kappa shape index (κ3) is 5.89. The van der Waals surface area contributed by atoms with Crippen molar-refractivity contribution in [2.24, 2.45) is 0 Å². The number of hydrogen-bond donors (Lipinski definition) is 3. The molecule has 0 saturated carbocycles. The van der Waals surface area contributed by atoms with Gasteiger partial charge in [0.15, 0.2) is 0 Å². The highest BCUT2D eigenvalue weighted by molar-refractivity contribution is 6.30. The molecule has 5 heteroatoms. The number of ether oxygens (including phenoxy) is 1. The van der Waals surface area contributed by atoms with Gasteiger partial charge in [0.1, 0.15) is 5.75 Å². The van der Waals surface area contributed by atoms with E-state index in [0.29, 0.717) is 24.8 Å². The Morgan fingerprint density at radius 3 is 2.88 bits per heavy atom. The van der Waals surface area contributed by atoms with Gasteiger partial charge < -0.3 is 20.3 Å². The smallest absolute Gasteiger partial charge is 0.120 e. The molecule has 3 N–H and O–H groups in total. The van der Waals surface area contributed by atoms with Crippen LogP contribution in [0.1, 0.15) is 12.0 Å². The summed E-state index contributed by atoms with van der Waals surface area (Å²) in [5.74, 6) is 0.249. The van der Waals surface area contributed by atoms with Crippen molar-refractivity contribution in [2.45, 2.75) is 13.0 Å². The first kappa shape index (κ1) is 14.3. The molecule has 17 heavy (non-hydrogen) atoms. The largest absolute Gasteiger partial charge is 0.508 e. The highest BCUT2D eigenvalue weighted by Gasteiger charge is 2.01. The summed E-state index contributed by atoms with van der Waals surface area (Å²) in [6.45, 7) is 2.43. The quantitative estimate of drug-likeness (QED) is 0.620. The zero-order valence-electron chi connectivity index (χ0n) is 9.66. The number of hydrogen-bond acceptors (Lipinski definition) is 4. The number of nitrogens with one attached hydrogen (secondary N) is 1. The molecule has 0 spiro atoms. The Balaban J connectivity index is 2.15. The van der Waals surface area contributed by atoms with Crippen LogP contribution in [0.2, 0.25) is 5.02 Å². The summed E-state index contributed by atoms with van der Waals surface area (Å²) in [6.07, 6.45) is 0.862. The van der Waals surface area contributed by atoms with Crippen LogP contribution in [0.25, 0.3) is 0 Å². The van der Waals surface area contributed by atoms with Gasteiger partial charge in [0.2, 0.25) is 0 Å². The monoisotopic (exact) mass is 259 g/mol. The van der Waals surface area contributed by atoms with Crippen LogP contribution in [0, 0.1) is 0 Å². The van der Waals surface area contributed by atoms with Crippen LogP contribution in [0.3, 0.4) is 0 Å². The van der Waals surface area contributed by atoms with Crippen LogP contribution in [-0.4, -0.2) is 36.6 Å². The summed E-state index contributed by atoms with van der Waals surface area (Å²) in [5.41, 5.74) is 0.786. The van der Waals surface area contributed by atoms with Crippen LogP contribution < -0.4 is 5.32 Å². The lowest BCUT2D eigenvalue weighted by Gasteiger charge is -2.07. The Labute approximate surface area is 106 Å². The summed E-state index contributed by atoms with van der Waals surface area (Å²) < 4.78 is 5.12. The summed E-state index contributed by atoms with van der Waals surface area (Å²) >= 11 is 5.83. The van der Waals surface area contributed by atoms with Crippen LogP contribution in [0.15, 0.2) is 18.2 Å². The number of aliphatic hydroxyl groups is 1. The van der Waals surface area contributed by atoms with Gasteiger partial charge in [0.25, 0.3) is 0 Å². The van der Waals surface area contributed by atoms with E-state index in [4.69, 9.17) is 21.4 Å². The van der Waals surface area contributed by atoms with Crippen LogP contribution in [-0.2, 0) is 11.3 Å². The molecule has 0 fully saturated rings. The second kappa shape index (κ2) is 8.31. The summed E-state index contributed by atoms with van der Waals surface area (Å²) in [4.78, 5) is 0. The number of aromatic hydroxyl groups is 1. The minimum Gasteiger partial charge on any atom is -0.508 e. The third-order valence-corrected chi connectivity index (χ3v) is 2.47. The van der Waals surface area contributed by atoms with Crippen molar-refractivity contribution in [3.05, 3.63) is 28.8 Å². The van der Waals surface area contributed by atoms with Crippen LogP contribution in [0.5, 0.6) is 5.75 Å². The Morgan fingerprint density at radius 1 is 1.29 bits per heavy atom. The molecule has 4 nitrogen and oxygen atoms in total. The molecule has 96 valence electrons. The average molecular weight is 260 g/mol. The van der Waals surface area contributed by atoms with Crippen molar-refractivity contribution in [3.8, 4) is 5.75 Å². The Morgan fingerprint density at radius 2 is 2.12 bits per heavy atom. The molecule has 0 heterocycles. The Bertz CT molecular complexity index is 334. The zero-order valence-corrected chi connectivity index (χ0v) is 10.4. The average Bonchev–Trinajstić information content (AvgIpc) is 2.32. The maximum absolute atomic E-state index is 9.56. The number of rotatable bonds is 8. The first-order chi connectivity index (χ1) is 8.24. The summed E-state index contributed by atoms with van der Waals surface area (Å²) in [6, 6.07) is 4.99. The highest BCUT2D eigenvalue weighted by atomic mass is 35.5. The molecule has 1 rings (SSSR count). The van der Waals surface area contributed by atoms with Gasteiger partial charge in [-0.25, -0.2) is 0 Å². The van der Waals surface area contributed by atoms with Crippen LogP contribution in [0.4, 0.5) is 0 Å². The minimum absolute atomic E-state index is 0.0593. The predicted octanol–water partition coefficient (Wildman–Crippen LogP) is 1.53. The molecule has 1 aromatic carbocycles. The highest BCUT2D eigenvalue weighted by Crippen LogP contribution is 2.20. The van der Waals surface area contributed by atoms with Gasteiger partial charge >= 0.3 is 0 Å². The number of phenolic OH excluding ortho intramolecular Hbond substituents is 1. The Kier molecular flexibility index (Phi) is 6.96. The maximum Gasteiger partial charge on any atom is 0.120 e. The normalized spacial score (nSPS) is 10.7. The topological polar surface area (TPSA) is 61.7 Å². The van der Waals surface area contributed by atoms with Gasteiger partial charge in [-0.1, -0.05) is 11.6 Å². The van der Waals surface area contributed by atoms with E-state index in [-0.39, 0.29) is 12.4 Å². The fourth-order valence-electron chi connectivity index (χ4n) is 1.38. The number of phenols is 1. The molecule has 0 aliphatic carbocycles. The van der Waals surface area contributed by atoms with E-state index in [1.165, 1.54) is 0 Å². The van der Waals surface area contributed by atoms with Gasteiger partial charge in [-0.2, -0.15) is 0 Å². The van der Waals surface area contributed by atoms with Crippen molar-refractivity contribution < 1.29 is 14.9 Å². The van der Waals surface area contributed by atoms with Crippen molar-refractivity contribution in [2.75, 3.05) is 26.4 Å². The molecular weight excluding hydrogens is 242 g/mol. The fraction of sp³-hybridized carbons (Fsp3) is 0.500. The lowest BCUT2D eigenvalue weighted by Crippen LogP contribution is -2.16. The SMILES string of the molecule is OCCOCCCNCc1cc(Cl)ccc1O. The second-order valence-electron chi connectivity index (χ2n) is 3.64. The molecule has 0 aromatic heterocycles. The molecule has 0 aliphatic heterocycles. The molecule has 0 unspecified atom stereocenters. The maximum atomic E-state index is 9.56. The first-order valence-corrected chi connectivity index (χ1v) is 5.98. The number of halogens is 1. The molecule has 0 aliphatic rings. The second-order valence-corrected chi connectivity index (χ2v) is 4.08. The number of benzene rings is 1. The van der Waals surface area contributed by atoms with Gasteiger partial charge in [0.05, 0.1) is 13.2 Å². The fourth-order valence-corrected chi connectivity index (χ4v) is 1.58. The molecule has 0 saturated heterocycles. The molecule has 1 aromatic rings. The van der Waals surface area contributed by atoms with Gasteiger partial charge in [0, 0.05) is 23.7 Å². The lowest BCUT2D eigenvalue weighted by molar-refractivity contribution is 0.0907. The van der Waals surface area contributed by atoms with E-state index in [1.54, 1.807) is 18.2 Å². The van der Waals surface area contributed by atoms with Gasteiger partial charge in [-0.3, -0.25) is 0 Å². The molecule has 0 atom stereocenters. The van der Waals surface area contributed by atoms with E-state index in [0.717, 1.165) is 18.5 Å². The van der Waals surface area contributed by atoms with Crippen LogP contribution >= 0.6 is 11.6 Å². The van der Waals surface area contributed by atoms with Crippen molar-refractivity contribution in [3.63, 3.8) is 0 Å². The first-order valence-electron chi connectivity index (χ1n) is 5.60. The van der Waals surface area contributed by atoms with Gasteiger partial charge in [-0.05, 0) is 31.2 Å². The summed E-state index contributed by atoms with van der Waals surface area (Å²) in [5, 5.41) is 21.9. The molecular formula is C12H18ClNO3. The lowest BCUT2D eigenvalue weighted by atomic mass is 10.2. The third-order valence-electron chi connectivity index (χ3n) is 2.23. The molecule has 0 amide bonds. The predicted molar refractivity (Wildman–Crippen MR) is 67.3 cm³/mol. The van der Waals surface area contributed by atoms with E-state index in [2.05, 4.69) is 5.32 Å². The minimum atomic E-state index is 0.0593. The number of aliphatic hydroxyl groups excluding tert-OH is 1.